The summed E-state index contributed by atoms with van der Waals surface area (Å²) < 4.78 is 24.0. The molecule has 4 rings (SSSR count). The third kappa shape index (κ3) is 4.52. The Kier molecular flexibility index (Phi) is 5.11. The van der Waals surface area contributed by atoms with E-state index in [-0.39, 0.29) is 30.8 Å². The Morgan fingerprint density at radius 1 is 1.10 bits per heavy atom. The van der Waals surface area contributed by atoms with Crippen LogP contribution in [0.1, 0.15) is 15.9 Å². The van der Waals surface area contributed by atoms with Crippen LogP contribution in [0.4, 0.5) is 15.8 Å². The molecule has 0 radical (unpaired) electrons. The monoisotopic (exact) mass is 392 g/mol. The number of ether oxygens (including phenoxy) is 2. The number of rotatable bonds is 5. The van der Waals surface area contributed by atoms with Gasteiger partial charge in [0.2, 0.25) is 0 Å². The number of carbonyl (C=O) groups excluding carboxylic acids is 2. The lowest BCUT2D eigenvalue weighted by Crippen LogP contribution is -2.25. The summed E-state index contributed by atoms with van der Waals surface area (Å²) in [6, 6.07) is 17.9. The Labute approximate surface area is 166 Å². The Morgan fingerprint density at radius 3 is 2.76 bits per heavy atom. The maximum Gasteiger partial charge on any atom is 0.262 e. The van der Waals surface area contributed by atoms with Crippen LogP contribution in [-0.4, -0.2) is 18.4 Å². The van der Waals surface area contributed by atoms with E-state index in [1.54, 1.807) is 54.6 Å². The zero-order valence-electron chi connectivity index (χ0n) is 15.3. The normalized spacial score (nSPS) is 12.4. The number of hydrogen-bond donors (Lipinski definition) is 2. The van der Waals surface area contributed by atoms with E-state index in [9.17, 15) is 14.0 Å². The Balaban J connectivity index is 1.41. The van der Waals surface area contributed by atoms with Crippen LogP contribution >= 0.6 is 0 Å². The molecule has 0 aromatic heterocycles. The SMILES string of the molecule is O=C1COc2cc(C(=O)Nc3cccc(OCc4ccc(F)cc4)c3)ccc2N1. The van der Waals surface area contributed by atoms with Crippen molar-refractivity contribution in [2.45, 2.75) is 6.61 Å². The molecule has 0 bridgehead atoms. The smallest absolute Gasteiger partial charge is 0.262 e. The third-order valence-electron chi connectivity index (χ3n) is 4.29. The molecule has 7 heteroatoms. The van der Waals surface area contributed by atoms with Gasteiger partial charge in [0.05, 0.1) is 5.69 Å². The molecule has 2 N–H and O–H groups in total. The standard InChI is InChI=1S/C22H17FN2O4/c23-16-7-4-14(5-8-16)12-28-18-3-1-2-17(11-18)24-22(27)15-6-9-19-20(10-15)29-13-21(26)25-19/h1-11H,12-13H2,(H,24,27)(H,25,26). The summed E-state index contributed by atoms with van der Waals surface area (Å²) >= 11 is 0. The highest BCUT2D eigenvalue weighted by molar-refractivity contribution is 6.05. The number of hydrogen-bond acceptors (Lipinski definition) is 4. The van der Waals surface area contributed by atoms with Crippen LogP contribution in [0.5, 0.6) is 11.5 Å². The van der Waals surface area contributed by atoms with Gasteiger partial charge in [-0.1, -0.05) is 18.2 Å². The summed E-state index contributed by atoms with van der Waals surface area (Å²) in [4.78, 5) is 23.9. The predicted molar refractivity (Wildman–Crippen MR) is 106 cm³/mol. The fourth-order valence-electron chi connectivity index (χ4n) is 2.83. The van der Waals surface area contributed by atoms with Gasteiger partial charge in [-0.25, -0.2) is 4.39 Å². The first-order valence-electron chi connectivity index (χ1n) is 8.92. The molecule has 0 atom stereocenters. The minimum Gasteiger partial charge on any atom is -0.489 e. The summed E-state index contributed by atoms with van der Waals surface area (Å²) in [5.74, 6) is 0.182. The molecule has 0 spiro atoms. The molecule has 29 heavy (non-hydrogen) atoms. The molecule has 6 nitrogen and oxygen atoms in total. The van der Waals surface area contributed by atoms with Crippen molar-refractivity contribution in [3.8, 4) is 11.5 Å². The van der Waals surface area contributed by atoms with E-state index in [0.29, 0.717) is 28.4 Å². The molecule has 0 saturated heterocycles. The fraction of sp³-hybridized carbons (Fsp3) is 0.0909. The summed E-state index contributed by atoms with van der Waals surface area (Å²) in [6.45, 7) is 0.205. The number of nitrogens with one attached hydrogen (secondary N) is 2. The molecular formula is C22H17FN2O4. The predicted octanol–water partition coefficient (Wildman–Crippen LogP) is 3.99. The van der Waals surface area contributed by atoms with Gasteiger partial charge in [-0.15, -0.1) is 0 Å². The molecule has 0 aliphatic carbocycles. The molecule has 3 aromatic rings. The van der Waals surface area contributed by atoms with Gasteiger partial charge in [0.1, 0.15) is 23.9 Å². The zero-order valence-corrected chi connectivity index (χ0v) is 15.3. The molecule has 0 unspecified atom stereocenters. The van der Waals surface area contributed by atoms with E-state index in [4.69, 9.17) is 9.47 Å². The average Bonchev–Trinajstić information content (AvgIpc) is 2.73. The second kappa shape index (κ2) is 8.02. The first-order valence-corrected chi connectivity index (χ1v) is 8.92. The van der Waals surface area contributed by atoms with E-state index >= 15 is 0 Å². The minimum absolute atomic E-state index is 0.0779. The molecule has 3 aromatic carbocycles. The van der Waals surface area contributed by atoms with Crippen molar-refractivity contribution in [3.63, 3.8) is 0 Å². The number of carbonyl (C=O) groups is 2. The summed E-state index contributed by atoms with van der Waals surface area (Å²) in [5, 5.41) is 5.49. The van der Waals surface area contributed by atoms with E-state index in [1.165, 1.54) is 12.1 Å². The van der Waals surface area contributed by atoms with Gasteiger partial charge in [-0.2, -0.15) is 0 Å². The number of halogens is 1. The van der Waals surface area contributed by atoms with Crippen LogP contribution in [-0.2, 0) is 11.4 Å². The van der Waals surface area contributed by atoms with Crippen LogP contribution in [0.3, 0.4) is 0 Å². The largest absolute Gasteiger partial charge is 0.489 e. The quantitative estimate of drug-likeness (QED) is 0.688. The number of fused-ring (bicyclic) bond motifs is 1. The number of amides is 2. The lowest BCUT2D eigenvalue weighted by molar-refractivity contribution is -0.118. The first-order chi connectivity index (χ1) is 14.1. The van der Waals surface area contributed by atoms with Crippen molar-refractivity contribution in [1.82, 2.24) is 0 Å². The van der Waals surface area contributed by atoms with Crippen molar-refractivity contribution in [2.24, 2.45) is 0 Å². The molecular weight excluding hydrogens is 375 g/mol. The molecule has 146 valence electrons. The molecule has 2 amide bonds. The van der Waals surface area contributed by atoms with Crippen LogP contribution in [0.2, 0.25) is 0 Å². The molecule has 1 heterocycles. The van der Waals surface area contributed by atoms with Crippen molar-refractivity contribution in [3.05, 3.63) is 83.7 Å². The first kappa shape index (κ1) is 18.5. The zero-order chi connectivity index (χ0) is 20.2. The van der Waals surface area contributed by atoms with Crippen molar-refractivity contribution in [2.75, 3.05) is 17.2 Å². The summed E-state index contributed by atoms with van der Waals surface area (Å²) in [6.07, 6.45) is 0. The molecule has 0 fully saturated rings. The van der Waals surface area contributed by atoms with Gasteiger partial charge in [0, 0.05) is 17.3 Å². The summed E-state index contributed by atoms with van der Waals surface area (Å²) in [5.41, 5.74) is 2.34. The van der Waals surface area contributed by atoms with Crippen molar-refractivity contribution >= 4 is 23.2 Å². The van der Waals surface area contributed by atoms with E-state index in [2.05, 4.69) is 10.6 Å². The Bertz CT molecular complexity index is 1070. The van der Waals surface area contributed by atoms with E-state index < -0.39 is 0 Å². The maximum absolute atomic E-state index is 13.0. The summed E-state index contributed by atoms with van der Waals surface area (Å²) in [7, 11) is 0. The topological polar surface area (TPSA) is 76.7 Å². The van der Waals surface area contributed by atoms with Crippen molar-refractivity contribution in [1.29, 1.82) is 0 Å². The van der Waals surface area contributed by atoms with Gasteiger partial charge in [0.25, 0.3) is 11.8 Å². The average molecular weight is 392 g/mol. The number of anilines is 2. The van der Waals surface area contributed by atoms with Crippen LogP contribution in [0.15, 0.2) is 66.7 Å². The van der Waals surface area contributed by atoms with Crippen LogP contribution in [0.25, 0.3) is 0 Å². The van der Waals surface area contributed by atoms with Crippen LogP contribution < -0.4 is 20.1 Å². The highest BCUT2D eigenvalue weighted by atomic mass is 19.1. The second-order valence-corrected chi connectivity index (χ2v) is 6.44. The lowest BCUT2D eigenvalue weighted by Gasteiger charge is -2.18. The molecule has 1 aliphatic rings. The fourth-order valence-corrected chi connectivity index (χ4v) is 2.83. The van der Waals surface area contributed by atoms with Gasteiger partial charge >= 0.3 is 0 Å². The lowest BCUT2D eigenvalue weighted by atomic mass is 10.1. The van der Waals surface area contributed by atoms with Crippen LogP contribution in [0, 0.1) is 5.82 Å². The highest BCUT2D eigenvalue weighted by Gasteiger charge is 2.18. The van der Waals surface area contributed by atoms with Gasteiger partial charge in [-0.05, 0) is 48.0 Å². The number of benzene rings is 3. The van der Waals surface area contributed by atoms with E-state index in [1.807, 2.05) is 0 Å². The second-order valence-electron chi connectivity index (χ2n) is 6.44. The molecule has 0 saturated carbocycles. The Morgan fingerprint density at radius 2 is 1.93 bits per heavy atom. The minimum atomic E-state index is -0.316. The Hall–Kier alpha value is -3.87. The maximum atomic E-state index is 13.0. The van der Waals surface area contributed by atoms with E-state index in [0.717, 1.165) is 5.56 Å². The van der Waals surface area contributed by atoms with Crippen molar-refractivity contribution < 1.29 is 23.5 Å². The van der Waals surface area contributed by atoms with Gasteiger partial charge in [0.15, 0.2) is 6.61 Å². The van der Waals surface area contributed by atoms with Gasteiger partial charge in [-0.3, -0.25) is 9.59 Å². The third-order valence-corrected chi connectivity index (χ3v) is 4.29. The molecule has 1 aliphatic heterocycles. The van der Waals surface area contributed by atoms with Gasteiger partial charge < -0.3 is 20.1 Å². The highest BCUT2D eigenvalue weighted by Crippen LogP contribution is 2.29.